The van der Waals surface area contributed by atoms with Gasteiger partial charge < -0.3 is 10.6 Å². The van der Waals surface area contributed by atoms with Gasteiger partial charge in [0.1, 0.15) is 0 Å². The molecule has 0 aliphatic heterocycles. The fourth-order valence-corrected chi connectivity index (χ4v) is 2.16. The van der Waals surface area contributed by atoms with Crippen LogP contribution in [-0.2, 0) is 14.8 Å². The summed E-state index contributed by atoms with van der Waals surface area (Å²) in [4.78, 5) is 11.6. The Morgan fingerprint density at radius 1 is 1.26 bits per heavy atom. The largest absolute Gasteiger partial charge is 0.325 e. The van der Waals surface area contributed by atoms with E-state index in [1.807, 2.05) is 0 Å². The Hall–Kier alpha value is -1.44. The highest BCUT2D eigenvalue weighted by Crippen LogP contribution is 2.27. The van der Waals surface area contributed by atoms with E-state index >= 15 is 0 Å². The minimum Gasteiger partial charge on any atom is -0.325 e. The summed E-state index contributed by atoms with van der Waals surface area (Å²) in [6.45, 7) is 1.13. The Balaban J connectivity index is 1.82. The van der Waals surface area contributed by atoms with Crippen LogP contribution in [0.3, 0.4) is 0 Å². The molecule has 0 saturated heterocycles. The zero-order chi connectivity index (χ0) is 13.9. The minimum atomic E-state index is -3.69. The number of carbonyl (C=O) groups is 1. The monoisotopic (exact) mass is 283 g/mol. The number of benzene rings is 1. The van der Waals surface area contributed by atoms with Crippen molar-refractivity contribution in [2.75, 3.05) is 18.4 Å². The van der Waals surface area contributed by atoms with Crippen molar-refractivity contribution in [3.8, 4) is 0 Å². The highest BCUT2D eigenvalue weighted by molar-refractivity contribution is 7.89. The molecule has 104 valence electrons. The topological polar surface area (TPSA) is 101 Å². The number of anilines is 1. The zero-order valence-electron chi connectivity index (χ0n) is 10.4. The fraction of sp³-hybridized carbons (Fsp3) is 0.417. The van der Waals surface area contributed by atoms with Gasteiger partial charge in [0.05, 0.1) is 11.4 Å². The van der Waals surface area contributed by atoms with Gasteiger partial charge in [-0.1, -0.05) is 0 Å². The lowest BCUT2D eigenvalue weighted by Gasteiger charge is -2.07. The van der Waals surface area contributed by atoms with Crippen LogP contribution in [0.5, 0.6) is 0 Å². The van der Waals surface area contributed by atoms with Gasteiger partial charge in [-0.25, -0.2) is 13.6 Å². The number of primary sulfonamides is 1. The van der Waals surface area contributed by atoms with E-state index in [0.717, 1.165) is 12.5 Å². The lowest BCUT2D eigenvalue weighted by atomic mass is 10.3. The van der Waals surface area contributed by atoms with Crippen LogP contribution in [0.25, 0.3) is 0 Å². The SMILES string of the molecule is NS(=O)(=O)c1ccc(NC(=O)CNCC2CC2)cc1. The summed E-state index contributed by atoms with van der Waals surface area (Å²) in [6, 6.07) is 5.75. The van der Waals surface area contributed by atoms with Gasteiger partial charge in [-0.3, -0.25) is 4.79 Å². The first-order valence-corrected chi connectivity index (χ1v) is 7.63. The maximum Gasteiger partial charge on any atom is 0.238 e. The summed E-state index contributed by atoms with van der Waals surface area (Å²) >= 11 is 0. The van der Waals surface area contributed by atoms with E-state index in [1.54, 1.807) is 0 Å². The Labute approximate surface area is 112 Å². The summed E-state index contributed by atoms with van der Waals surface area (Å²) in [5.74, 6) is 0.575. The molecular weight excluding hydrogens is 266 g/mol. The zero-order valence-corrected chi connectivity index (χ0v) is 11.2. The normalized spacial score (nSPS) is 15.2. The second-order valence-electron chi connectivity index (χ2n) is 4.69. The molecule has 0 spiro atoms. The van der Waals surface area contributed by atoms with Crippen LogP contribution in [-0.4, -0.2) is 27.4 Å². The summed E-state index contributed by atoms with van der Waals surface area (Å²) in [5.41, 5.74) is 0.547. The van der Waals surface area contributed by atoms with Crippen molar-refractivity contribution in [1.29, 1.82) is 0 Å². The lowest BCUT2D eigenvalue weighted by Crippen LogP contribution is -2.29. The Morgan fingerprint density at radius 3 is 2.42 bits per heavy atom. The molecule has 1 amide bonds. The van der Waals surface area contributed by atoms with Crippen LogP contribution >= 0.6 is 0 Å². The van der Waals surface area contributed by atoms with Gasteiger partial charge in [-0.05, 0) is 49.6 Å². The van der Waals surface area contributed by atoms with Crippen molar-refractivity contribution in [2.45, 2.75) is 17.7 Å². The van der Waals surface area contributed by atoms with E-state index in [9.17, 15) is 13.2 Å². The van der Waals surface area contributed by atoms with Gasteiger partial charge in [0.15, 0.2) is 0 Å². The molecule has 19 heavy (non-hydrogen) atoms. The van der Waals surface area contributed by atoms with Gasteiger partial charge >= 0.3 is 0 Å². The number of sulfonamides is 1. The van der Waals surface area contributed by atoms with Crippen LogP contribution in [0.1, 0.15) is 12.8 Å². The van der Waals surface area contributed by atoms with Crippen LogP contribution < -0.4 is 15.8 Å². The van der Waals surface area contributed by atoms with E-state index in [0.29, 0.717) is 5.69 Å². The third-order valence-corrected chi connectivity index (χ3v) is 3.81. The van der Waals surface area contributed by atoms with Gasteiger partial charge in [0.25, 0.3) is 0 Å². The van der Waals surface area contributed by atoms with E-state index in [1.165, 1.54) is 37.1 Å². The molecule has 0 radical (unpaired) electrons. The molecule has 0 aromatic heterocycles. The molecule has 1 aromatic carbocycles. The van der Waals surface area contributed by atoms with Crippen molar-refractivity contribution >= 4 is 21.6 Å². The van der Waals surface area contributed by atoms with Crippen LogP contribution in [0.4, 0.5) is 5.69 Å². The van der Waals surface area contributed by atoms with E-state index in [4.69, 9.17) is 5.14 Å². The first kappa shape index (κ1) is 14.0. The molecule has 2 rings (SSSR count). The van der Waals surface area contributed by atoms with Crippen LogP contribution in [0, 0.1) is 5.92 Å². The molecule has 1 aromatic rings. The standard InChI is InChI=1S/C12H17N3O3S/c13-19(17,18)11-5-3-10(4-6-11)15-12(16)8-14-7-9-1-2-9/h3-6,9,14H,1-2,7-8H2,(H,15,16)(H2,13,17,18). The molecule has 0 atom stereocenters. The molecule has 1 aliphatic carbocycles. The molecule has 0 bridgehead atoms. The number of carbonyl (C=O) groups excluding carboxylic acids is 1. The number of hydrogen-bond acceptors (Lipinski definition) is 4. The molecule has 6 nitrogen and oxygen atoms in total. The Kier molecular flexibility index (Phi) is 4.18. The molecule has 7 heteroatoms. The van der Waals surface area contributed by atoms with Gasteiger partial charge in [-0.2, -0.15) is 0 Å². The average molecular weight is 283 g/mol. The van der Waals surface area contributed by atoms with Crippen LogP contribution in [0.2, 0.25) is 0 Å². The van der Waals surface area contributed by atoms with Gasteiger partial charge in [0.2, 0.25) is 15.9 Å². The van der Waals surface area contributed by atoms with Gasteiger partial charge in [0, 0.05) is 5.69 Å². The van der Waals surface area contributed by atoms with Crippen molar-refractivity contribution in [3.05, 3.63) is 24.3 Å². The highest BCUT2D eigenvalue weighted by atomic mass is 32.2. The quantitative estimate of drug-likeness (QED) is 0.697. The number of rotatable bonds is 6. The highest BCUT2D eigenvalue weighted by Gasteiger charge is 2.20. The maximum absolute atomic E-state index is 11.6. The summed E-state index contributed by atoms with van der Waals surface area (Å²) < 4.78 is 22.1. The predicted molar refractivity (Wildman–Crippen MR) is 72.0 cm³/mol. The second kappa shape index (κ2) is 5.68. The molecular formula is C12H17N3O3S. The number of amides is 1. The summed E-state index contributed by atoms with van der Waals surface area (Å²) in [7, 11) is -3.69. The summed E-state index contributed by atoms with van der Waals surface area (Å²) in [5, 5.41) is 10.7. The first-order chi connectivity index (χ1) is 8.95. The fourth-order valence-electron chi connectivity index (χ4n) is 1.64. The molecule has 1 fully saturated rings. The average Bonchev–Trinajstić information content (AvgIpc) is 3.12. The van der Waals surface area contributed by atoms with E-state index < -0.39 is 10.0 Å². The molecule has 1 aliphatic rings. The maximum atomic E-state index is 11.6. The lowest BCUT2D eigenvalue weighted by molar-refractivity contribution is -0.115. The van der Waals surface area contributed by atoms with E-state index in [2.05, 4.69) is 10.6 Å². The number of hydrogen-bond donors (Lipinski definition) is 3. The predicted octanol–water partition coefficient (Wildman–Crippen LogP) is 0.272. The van der Waals surface area contributed by atoms with Crippen molar-refractivity contribution in [2.24, 2.45) is 11.1 Å². The van der Waals surface area contributed by atoms with Crippen molar-refractivity contribution < 1.29 is 13.2 Å². The minimum absolute atomic E-state index is 0.0253. The molecule has 0 unspecified atom stereocenters. The van der Waals surface area contributed by atoms with E-state index in [-0.39, 0.29) is 17.3 Å². The number of nitrogens with two attached hydrogens (primary N) is 1. The first-order valence-electron chi connectivity index (χ1n) is 6.08. The molecule has 4 N–H and O–H groups in total. The Morgan fingerprint density at radius 2 is 1.89 bits per heavy atom. The molecule has 0 heterocycles. The van der Waals surface area contributed by atoms with Crippen LogP contribution in [0.15, 0.2) is 29.2 Å². The third-order valence-electron chi connectivity index (χ3n) is 2.88. The smallest absolute Gasteiger partial charge is 0.238 e. The van der Waals surface area contributed by atoms with Crippen molar-refractivity contribution in [1.82, 2.24) is 5.32 Å². The second-order valence-corrected chi connectivity index (χ2v) is 6.25. The summed E-state index contributed by atoms with van der Waals surface area (Å²) in [6.07, 6.45) is 2.48. The van der Waals surface area contributed by atoms with Gasteiger partial charge in [-0.15, -0.1) is 0 Å². The number of nitrogens with one attached hydrogen (secondary N) is 2. The third kappa shape index (κ3) is 4.62. The Bertz CT molecular complexity index is 550. The van der Waals surface area contributed by atoms with Crippen molar-refractivity contribution in [3.63, 3.8) is 0 Å². The molecule has 1 saturated carbocycles.